The molecule has 1 fully saturated rings. The predicted molar refractivity (Wildman–Crippen MR) is 92.1 cm³/mol. The second kappa shape index (κ2) is 6.87. The Kier molecular flexibility index (Phi) is 4.65. The topological polar surface area (TPSA) is 55.4 Å². The molecule has 0 aromatic heterocycles. The first-order valence-corrected chi connectivity index (χ1v) is 8.19. The highest BCUT2D eigenvalue weighted by Crippen LogP contribution is 2.41. The molecule has 2 aromatic carbocycles. The molecule has 0 unspecified atom stereocenters. The maximum absolute atomic E-state index is 12.3. The lowest BCUT2D eigenvalue weighted by molar-refractivity contribution is -0.126. The standard InChI is InChI=1S/C20H21NO3/c1-15(22)16-8-10-18(11-9-16)24-14-19(23)21-20(12-5-13-20)17-6-3-2-4-7-17/h2-4,6-11H,5,12-14H2,1H3,(H,21,23). The van der Waals surface area contributed by atoms with E-state index in [1.54, 1.807) is 24.3 Å². The number of amides is 1. The van der Waals surface area contributed by atoms with Gasteiger partial charge in [0.15, 0.2) is 12.4 Å². The molecular weight excluding hydrogens is 302 g/mol. The van der Waals surface area contributed by atoms with E-state index in [0.717, 1.165) is 24.8 Å². The van der Waals surface area contributed by atoms with Gasteiger partial charge >= 0.3 is 0 Å². The Morgan fingerprint density at radius 1 is 1.04 bits per heavy atom. The molecule has 1 aliphatic rings. The van der Waals surface area contributed by atoms with Crippen LogP contribution in [-0.2, 0) is 10.3 Å². The average Bonchev–Trinajstić information content (AvgIpc) is 2.57. The molecule has 0 spiro atoms. The molecule has 0 aliphatic heterocycles. The molecular formula is C20H21NO3. The SMILES string of the molecule is CC(=O)c1ccc(OCC(=O)NC2(c3ccccc3)CCC2)cc1. The normalized spacial score (nSPS) is 15.2. The van der Waals surface area contributed by atoms with Gasteiger partial charge in [-0.1, -0.05) is 30.3 Å². The van der Waals surface area contributed by atoms with Gasteiger partial charge in [0, 0.05) is 5.56 Å². The summed E-state index contributed by atoms with van der Waals surface area (Å²) in [5.74, 6) is 0.459. The van der Waals surface area contributed by atoms with Crippen LogP contribution >= 0.6 is 0 Å². The predicted octanol–water partition coefficient (Wildman–Crippen LogP) is 3.46. The minimum absolute atomic E-state index is 0.00841. The molecule has 3 rings (SSSR count). The number of hydrogen-bond donors (Lipinski definition) is 1. The summed E-state index contributed by atoms with van der Waals surface area (Å²) in [6.07, 6.45) is 3.02. The number of ketones is 1. The van der Waals surface area contributed by atoms with Crippen molar-refractivity contribution in [2.75, 3.05) is 6.61 Å². The van der Waals surface area contributed by atoms with E-state index in [1.165, 1.54) is 6.92 Å². The van der Waals surface area contributed by atoms with Gasteiger partial charge in [0.05, 0.1) is 5.54 Å². The Bertz CT molecular complexity index is 718. The van der Waals surface area contributed by atoms with Crippen LogP contribution in [0.1, 0.15) is 42.1 Å². The second-order valence-corrected chi connectivity index (χ2v) is 6.22. The van der Waals surface area contributed by atoms with Crippen LogP contribution in [0.4, 0.5) is 0 Å². The Morgan fingerprint density at radius 2 is 1.71 bits per heavy atom. The van der Waals surface area contributed by atoms with Crippen molar-refractivity contribution in [3.05, 3.63) is 65.7 Å². The Hall–Kier alpha value is -2.62. The Labute approximate surface area is 141 Å². The van der Waals surface area contributed by atoms with E-state index in [9.17, 15) is 9.59 Å². The molecule has 24 heavy (non-hydrogen) atoms. The zero-order chi connectivity index (χ0) is 17.0. The lowest BCUT2D eigenvalue weighted by Gasteiger charge is -2.43. The third kappa shape index (κ3) is 3.48. The summed E-state index contributed by atoms with van der Waals surface area (Å²) < 4.78 is 5.53. The summed E-state index contributed by atoms with van der Waals surface area (Å²) in [6, 6.07) is 16.9. The number of benzene rings is 2. The lowest BCUT2D eigenvalue weighted by atomic mass is 9.72. The van der Waals surface area contributed by atoms with Crippen molar-refractivity contribution in [1.82, 2.24) is 5.32 Å². The largest absolute Gasteiger partial charge is 0.484 e. The molecule has 124 valence electrons. The zero-order valence-electron chi connectivity index (χ0n) is 13.7. The Balaban J connectivity index is 1.58. The highest BCUT2D eigenvalue weighted by atomic mass is 16.5. The second-order valence-electron chi connectivity index (χ2n) is 6.22. The molecule has 0 bridgehead atoms. The monoisotopic (exact) mass is 323 g/mol. The average molecular weight is 323 g/mol. The van der Waals surface area contributed by atoms with Gasteiger partial charge in [-0.25, -0.2) is 0 Å². The van der Waals surface area contributed by atoms with Crippen LogP contribution < -0.4 is 10.1 Å². The minimum Gasteiger partial charge on any atom is -0.484 e. The van der Waals surface area contributed by atoms with Gasteiger partial charge in [0.1, 0.15) is 5.75 Å². The van der Waals surface area contributed by atoms with Crippen molar-refractivity contribution in [1.29, 1.82) is 0 Å². The van der Waals surface area contributed by atoms with Crippen molar-refractivity contribution < 1.29 is 14.3 Å². The summed E-state index contributed by atoms with van der Waals surface area (Å²) in [4.78, 5) is 23.5. The maximum Gasteiger partial charge on any atom is 0.258 e. The van der Waals surface area contributed by atoms with Gasteiger partial charge in [0.25, 0.3) is 5.91 Å². The summed E-state index contributed by atoms with van der Waals surface area (Å²) in [5, 5.41) is 3.13. The number of rotatable bonds is 6. The number of Topliss-reactive ketones (excluding diaryl/α,β-unsaturated/α-hetero) is 1. The van der Waals surface area contributed by atoms with Crippen LogP contribution in [-0.4, -0.2) is 18.3 Å². The number of nitrogens with one attached hydrogen (secondary N) is 1. The van der Waals surface area contributed by atoms with Gasteiger partial charge < -0.3 is 10.1 Å². The van der Waals surface area contributed by atoms with E-state index in [2.05, 4.69) is 17.4 Å². The first kappa shape index (κ1) is 16.2. The van der Waals surface area contributed by atoms with Gasteiger partial charge in [-0.2, -0.15) is 0 Å². The molecule has 1 saturated carbocycles. The molecule has 2 aromatic rings. The fraction of sp³-hybridized carbons (Fsp3) is 0.300. The first-order valence-electron chi connectivity index (χ1n) is 8.19. The van der Waals surface area contributed by atoms with Crippen molar-refractivity contribution in [2.45, 2.75) is 31.7 Å². The van der Waals surface area contributed by atoms with Crippen LogP contribution in [0.3, 0.4) is 0 Å². The first-order chi connectivity index (χ1) is 11.6. The van der Waals surface area contributed by atoms with Crippen molar-refractivity contribution in [3.63, 3.8) is 0 Å². The van der Waals surface area contributed by atoms with E-state index in [4.69, 9.17) is 4.74 Å². The summed E-state index contributed by atoms with van der Waals surface area (Å²) in [6.45, 7) is 1.49. The fourth-order valence-electron chi connectivity index (χ4n) is 3.01. The van der Waals surface area contributed by atoms with E-state index in [0.29, 0.717) is 11.3 Å². The Morgan fingerprint density at radius 3 is 2.25 bits per heavy atom. The van der Waals surface area contributed by atoms with Crippen LogP contribution in [0.15, 0.2) is 54.6 Å². The third-order valence-electron chi connectivity index (χ3n) is 4.54. The number of carbonyl (C=O) groups is 2. The molecule has 0 heterocycles. The van der Waals surface area contributed by atoms with Crippen LogP contribution in [0.25, 0.3) is 0 Å². The molecule has 4 heteroatoms. The van der Waals surface area contributed by atoms with Crippen molar-refractivity contribution in [3.8, 4) is 5.75 Å². The minimum atomic E-state index is -0.250. The van der Waals surface area contributed by atoms with E-state index in [-0.39, 0.29) is 23.8 Å². The number of carbonyl (C=O) groups excluding carboxylic acids is 2. The lowest BCUT2D eigenvalue weighted by Crippen LogP contribution is -2.52. The van der Waals surface area contributed by atoms with Gasteiger partial charge in [-0.15, -0.1) is 0 Å². The maximum atomic E-state index is 12.3. The molecule has 4 nitrogen and oxygen atoms in total. The van der Waals surface area contributed by atoms with Crippen LogP contribution in [0.2, 0.25) is 0 Å². The van der Waals surface area contributed by atoms with E-state index in [1.807, 2.05) is 18.2 Å². The zero-order valence-corrected chi connectivity index (χ0v) is 13.7. The molecule has 1 N–H and O–H groups in total. The summed E-state index contributed by atoms with van der Waals surface area (Å²) in [7, 11) is 0. The highest BCUT2D eigenvalue weighted by Gasteiger charge is 2.39. The molecule has 0 atom stereocenters. The molecule has 1 aliphatic carbocycles. The fourth-order valence-corrected chi connectivity index (χ4v) is 3.01. The molecule has 0 radical (unpaired) electrons. The van der Waals surface area contributed by atoms with E-state index < -0.39 is 0 Å². The van der Waals surface area contributed by atoms with Crippen LogP contribution in [0, 0.1) is 0 Å². The van der Waals surface area contributed by atoms with Gasteiger partial charge in [-0.05, 0) is 56.0 Å². The summed E-state index contributed by atoms with van der Waals surface area (Å²) in [5.41, 5.74) is 1.53. The van der Waals surface area contributed by atoms with Gasteiger partial charge in [0.2, 0.25) is 0 Å². The molecule has 0 saturated heterocycles. The molecule has 1 amide bonds. The number of ether oxygens (including phenoxy) is 1. The quantitative estimate of drug-likeness (QED) is 0.828. The van der Waals surface area contributed by atoms with Crippen molar-refractivity contribution >= 4 is 11.7 Å². The smallest absolute Gasteiger partial charge is 0.258 e. The van der Waals surface area contributed by atoms with E-state index >= 15 is 0 Å². The third-order valence-corrected chi connectivity index (χ3v) is 4.54. The van der Waals surface area contributed by atoms with Crippen molar-refractivity contribution in [2.24, 2.45) is 0 Å². The van der Waals surface area contributed by atoms with Gasteiger partial charge in [-0.3, -0.25) is 9.59 Å². The van der Waals surface area contributed by atoms with Crippen LogP contribution in [0.5, 0.6) is 5.75 Å². The number of hydrogen-bond acceptors (Lipinski definition) is 3. The summed E-state index contributed by atoms with van der Waals surface area (Å²) >= 11 is 0. The highest BCUT2D eigenvalue weighted by molar-refractivity contribution is 5.94.